The maximum absolute atomic E-state index is 17.6. The van der Waals surface area contributed by atoms with Gasteiger partial charge in [-0.05, 0) is 452 Å². The van der Waals surface area contributed by atoms with E-state index in [9.17, 15) is 0 Å². The van der Waals surface area contributed by atoms with Crippen LogP contribution in [0.1, 0.15) is 74.9 Å². The van der Waals surface area contributed by atoms with Gasteiger partial charge in [0.25, 0.3) is 0 Å². The van der Waals surface area contributed by atoms with E-state index in [-0.39, 0.29) is 0 Å². The van der Waals surface area contributed by atoms with Crippen molar-refractivity contribution in [3.8, 4) is 0 Å². The highest BCUT2D eigenvalue weighted by atomic mass is 80.0. The maximum atomic E-state index is 17.6. The van der Waals surface area contributed by atoms with Crippen LogP contribution in [0.15, 0.2) is 153 Å². The molecule has 6 rings (SSSR count). The van der Waals surface area contributed by atoms with Crippen LogP contribution in [0, 0.1) is 16.2 Å². The third-order valence-corrected chi connectivity index (χ3v) is 49.6. The van der Waals surface area contributed by atoms with Crippen LogP contribution >= 0.6 is 438 Å². The smallest absolute Gasteiger partial charge is 0.257 e. The quantitative estimate of drug-likeness (QED) is 0.0489. The summed E-state index contributed by atoms with van der Waals surface area (Å²) in [5, 5.41) is 0. The number of halogens is 27. The summed E-state index contributed by atoms with van der Waals surface area (Å²) in [6, 6.07) is 23.5. The van der Waals surface area contributed by atoms with E-state index in [4.69, 9.17) is 13.6 Å². The molecule has 6 aromatic rings. The fraction of sp³-hybridized carbons (Fsp3) is 0.294. The molecule has 0 saturated heterocycles. The highest BCUT2D eigenvalue weighted by Crippen LogP contribution is 2.77. The van der Waals surface area contributed by atoms with Crippen LogP contribution in [0.4, 0.5) is 0 Å². The fourth-order valence-electron chi connectivity index (χ4n) is 8.63. The highest BCUT2D eigenvalue weighted by Gasteiger charge is 2.68. The van der Waals surface area contributed by atoms with Gasteiger partial charge in [0.15, 0.2) is 10.3 Å². The van der Waals surface area contributed by atoms with Crippen LogP contribution in [-0.2, 0) is 31.1 Å². The highest BCUT2D eigenvalue weighted by molar-refractivity contribution is 9.26. The van der Waals surface area contributed by atoms with Gasteiger partial charge < -0.3 is 0 Å². The van der Waals surface area contributed by atoms with Gasteiger partial charge in [-0.1, -0.05) is 126 Å². The molecular formula is C51H30Br27O4P. The van der Waals surface area contributed by atoms with Gasteiger partial charge in [0.1, 0.15) is 0 Å². The monoisotopic (exact) mass is 2870 g/mol. The lowest BCUT2D eigenvalue weighted by molar-refractivity contribution is -0.0135. The largest absolute Gasteiger partial charge is 0.481 e. The van der Waals surface area contributed by atoms with E-state index in [2.05, 4.69) is 430 Å². The molecule has 0 aliphatic rings. The molecular weight excluding hydrogens is 2860 g/mol. The molecule has 0 bridgehead atoms. The Balaban J connectivity index is 1.72. The van der Waals surface area contributed by atoms with Crippen molar-refractivity contribution in [3.63, 3.8) is 0 Å². The summed E-state index contributed by atoms with van der Waals surface area (Å²) in [5.41, 5.74) is 0.474. The summed E-state index contributed by atoms with van der Waals surface area (Å²) in [6.45, 7) is 11.7. The minimum absolute atomic E-state index is 0.702. The van der Waals surface area contributed by atoms with Crippen molar-refractivity contribution in [2.75, 3.05) is 0 Å². The van der Waals surface area contributed by atoms with Crippen molar-refractivity contribution in [2.24, 2.45) is 16.2 Å². The van der Waals surface area contributed by atoms with Crippen molar-refractivity contribution in [1.82, 2.24) is 0 Å². The number of hydrogen-bond donors (Lipinski definition) is 0. The molecule has 0 fully saturated rings. The first kappa shape index (κ1) is 80.4. The Kier molecular flexibility index (Phi) is 29.0. The lowest BCUT2D eigenvalue weighted by atomic mass is 9.71. The molecule has 32 heteroatoms. The Bertz CT molecular complexity index is 3080. The van der Waals surface area contributed by atoms with Gasteiger partial charge in [0.2, 0.25) is 0 Å². The Hall–Kier alpha value is 8.39. The summed E-state index contributed by atoms with van der Waals surface area (Å²) < 4.78 is 43.4. The van der Waals surface area contributed by atoms with Crippen LogP contribution in [0.3, 0.4) is 0 Å². The molecule has 0 spiro atoms. The number of phosphoric acid groups is 1. The van der Waals surface area contributed by atoms with Gasteiger partial charge in [0.05, 0.1) is 13.0 Å². The zero-order valence-corrected chi connectivity index (χ0v) is 85.4. The SMILES string of the molecule is CC(C)(C(Br)(Br)OP(=O)(OC(Br)(Br)C(C)(C)C(Br)(c1ccc(Br)c(Br)c1Br)c1ccc(Br)c(Br)c1Br)OC(Br)(Br)C(C)(C)C(Br)(c1ccc(Br)c(Br)c1Br)c1ccc(Br)c(Br)c1Br)C(Br)(c1ccc(Br)c(Br)c1Br)c1ccc(Br)c(Br)c1Br. The number of benzene rings is 6. The molecule has 6 aromatic carbocycles. The van der Waals surface area contributed by atoms with E-state index in [0.717, 1.165) is 87.1 Å². The van der Waals surface area contributed by atoms with Gasteiger partial charge in [-0.3, -0.25) is 13.6 Å². The predicted molar refractivity (Wildman–Crippen MR) is 440 cm³/mol. The van der Waals surface area contributed by atoms with E-state index in [0.29, 0.717) is 26.8 Å². The van der Waals surface area contributed by atoms with Crippen LogP contribution < -0.4 is 0 Å². The molecule has 0 N–H and O–H groups in total. The second kappa shape index (κ2) is 29.9. The van der Waals surface area contributed by atoms with Crippen molar-refractivity contribution >= 4 is 438 Å². The minimum atomic E-state index is -5.32. The summed E-state index contributed by atoms with van der Waals surface area (Å²) in [7, 11) is -5.32. The lowest BCUT2D eigenvalue weighted by Crippen LogP contribution is -2.53. The average Bonchev–Trinajstić information content (AvgIpc) is 1.65. The fourth-order valence-corrected chi connectivity index (χ4v) is 30.8. The first-order valence-electron chi connectivity index (χ1n) is 22.4. The average molecular weight is 2900 g/mol. The Morgan fingerprint density at radius 1 is 0.253 bits per heavy atom. The van der Waals surface area contributed by atoms with E-state index in [1.54, 1.807) is 0 Å². The third kappa shape index (κ3) is 14.8. The van der Waals surface area contributed by atoms with Crippen molar-refractivity contribution in [2.45, 2.75) is 64.8 Å². The number of rotatable bonds is 18. The molecule has 452 valence electrons. The summed E-state index contributed by atoms with van der Waals surface area (Å²) in [6.07, 6.45) is 0. The predicted octanol–water partition coefficient (Wildman–Crippen LogP) is 33.3. The molecule has 0 amide bonds. The number of phosphoric ester groups is 1. The summed E-state index contributed by atoms with van der Waals surface area (Å²) >= 11 is 106. The molecule has 83 heavy (non-hydrogen) atoms. The maximum Gasteiger partial charge on any atom is 0.481 e. The van der Waals surface area contributed by atoms with E-state index in [1.807, 2.05) is 114 Å². The minimum Gasteiger partial charge on any atom is -0.257 e. The number of hydrogen-bond acceptors (Lipinski definition) is 4. The van der Waals surface area contributed by atoms with Crippen molar-refractivity contribution < 1.29 is 18.1 Å². The molecule has 0 unspecified atom stereocenters. The van der Waals surface area contributed by atoms with E-state index in [1.165, 1.54) is 0 Å². The lowest BCUT2D eigenvalue weighted by Gasteiger charge is -2.54. The molecule has 0 heterocycles. The Morgan fingerprint density at radius 2 is 0.386 bits per heavy atom. The zero-order chi connectivity index (χ0) is 63.5. The summed E-state index contributed by atoms with van der Waals surface area (Å²) in [4.78, 5) is 0. The van der Waals surface area contributed by atoms with Gasteiger partial charge in [-0.2, -0.15) is 0 Å². The second-order valence-corrected chi connectivity index (χ2v) is 49.0. The van der Waals surface area contributed by atoms with Gasteiger partial charge in [0, 0.05) is 96.8 Å². The second-order valence-electron chi connectivity index (χ2n) is 19.5. The van der Waals surface area contributed by atoms with Crippen LogP contribution in [0.2, 0.25) is 0 Å². The van der Waals surface area contributed by atoms with Crippen LogP contribution in [0.25, 0.3) is 0 Å². The summed E-state index contributed by atoms with van der Waals surface area (Å²) in [5.74, 6) is 0. The molecule has 0 aliphatic carbocycles. The molecule has 0 atom stereocenters. The number of alkyl halides is 9. The van der Waals surface area contributed by atoms with Gasteiger partial charge >= 0.3 is 7.82 Å². The molecule has 0 aliphatic heterocycles. The Labute approximate surface area is 710 Å². The van der Waals surface area contributed by atoms with Gasteiger partial charge in [-0.15, -0.1) is 0 Å². The van der Waals surface area contributed by atoms with Crippen LogP contribution in [-0.4, -0.2) is 10.3 Å². The van der Waals surface area contributed by atoms with Gasteiger partial charge in [-0.25, -0.2) is 4.57 Å². The molecule has 4 nitrogen and oxygen atoms in total. The van der Waals surface area contributed by atoms with E-state index >= 15 is 4.57 Å². The Morgan fingerprint density at radius 3 is 0.518 bits per heavy atom. The first-order chi connectivity index (χ1) is 37.6. The topological polar surface area (TPSA) is 44.8 Å². The molecule has 0 saturated carbocycles. The normalized spacial score (nSPS) is 13.8. The van der Waals surface area contributed by atoms with Crippen molar-refractivity contribution in [1.29, 1.82) is 0 Å². The third-order valence-electron chi connectivity index (χ3n) is 13.9. The zero-order valence-electron chi connectivity index (χ0n) is 41.7. The van der Waals surface area contributed by atoms with Crippen LogP contribution in [0.5, 0.6) is 0 Å². The standard InChI is InChI=1S/C51H30Br27O4P/c1-43(2,46(70,19-7-13-25(52)37(64)31(19)58)20-8-14-26(53)38(65)32(20)59)49(73,74)80-83(79,81-50(75,76)44(3,4)47(71,21-9-15-27(54)39(66)33(21)60)22-10-16-28(55)40(67)34(22)61)82-51(77,78)45(5,6)48(72,23-11-17-29(56)41(68)35(23)62)24-12-18-30(57)42(69)36(24)63/h7-18H,1-6H3. The van der Waals surface area contributed by atoms with Crippen molar-refractivity contribution in [3.05, 3.63) is 187 Å². The molecule has 0 radical (unpaired) electrons. The first-order valence-corrected chi connectivity index (χ1v) is 45.3. The van der Waals surface area contributed by atoms with E-state index < -0.39 is 47.3 Å². The molecule has 0 aromatic heterocycles.